The van der Waals surface area contributed by atoms with Gasteiger partial charge in [0.05, 0.1) is 23.1 Å². The molecule has 5 nitrogen and oxygen atoms in total. The summed E-state index contributed by atoms with van der Waals surface area (Å²) in [5, 5.41) is 16.2. The maximum absolute atomic E-state index is 10.1. The number of aromatic hydroxyl groups is 1. The van der Waals surface area contributed by atoms with E-state index < -0.39 is 0 Å². The minimum absolute atomic E-state index is 0.101. The molecule has 32 heavy (non-hydrogen) atoms. The van der Waals surface area contributed by atoms with Gasteiger partial charge in [-0.05, 0) is 42.5 Å². The summed E-state index contributed by atoms with van der Waals surface area (Å²) in [6, 6.07) is 17.5. The molecule has 0 radical (unpaired) electrons. The van der Waals surface area contributed by atoms with E-state index in [9.17, 15) is 5.11 Å². The topological polar surface area (TPSA) is 62.8 Å². The van der Waals surface area contributed by atoms with Crippen molar-refractivity contribution in [2.75, 3.05) is 0 Å². The molecular weight excluding hydrogens is 535 g/mol. The summed E-state index contributed by atoms with van der Waals surface area (Å²) in [5.41, 5.74) is 2.74. The van der Waals surface area contributed by atoms with E-state index in [1.807, 2.05) is 12.1 Å². The Bertz CT molecular complexity index is 1330. The number of hydrogen-bond acceptors (Lipinski definition) is 4. The Balaban J connectivity index is 1.74. The monoisotopic (exact) mass is 546 g/mol. The molecule has 3 aromatic carbocycles. The Labute approximate surface area is 207 Å². The molecule has 0 aliphatic rings. The second-order valence-corrected chi connectivity index (χ2v) is 8.85. The predicted octanol–water partition coefficient (Wildman–Crippen LogP) is 7.61. The van der Waals surface area contributed by atoms with E-state index in [4.69, 9.17) is 34.8 Å². The van der Waals surface area contributed by atoms with Crippen molar-refractivity contribution in [3.63, 3.8) is 0 Å². The molecule has 1 heterocycles. The van der Waals surface area contributed by atoms with Gasteiger partial charge in [0.15, 0.2) is 0 Å². The highest BCUT2D eigenvalue weighted by Crippen LogP contribution is 2.26. The fourth-order valence-electron chi connectivity index (χ4n) is 2.78. The SMILES string of the molecule is Oc1ccc(Br)cc1C=Nc1nc(-c2ccc(Cl)cc2)cn1N=Cc1ccc(Cl)cc1Cl. The molecule has 1 N–H and O–H groups in total. The van der Waals surface area contributed by atoms with Crippen LogP contribution in [-0.2, 0) is 0 Å². The average Bonchev–Trinajstić information content (AvgIpc) is 3.17. The smallest absolute Gasteiger partial charge is 0.251 e. The lowest BCUT2D eigenvalue weighted by Crippen LogP contribution is -1.91. The van der Waals surface area contributed by atoms with E-state index in [2.05, 4.69) is 31.0 Å². The van der Waals surface area contributed by atoms with Gasteiger partial charge < -0.3 is 5.11 Å². The largest absolute Gasteiger partial charge is 0.507 e. The highest BCUT2D eigenvalue weighted by atomic mass is 79.9. The first-order valence-electron chi connectivity index (χ1n) is 9.26. The highest BCUT2D eigenvalue weighted by molar-refractivity contribution is 9.10. The van der Waals surface area contributed by atoms with E-state index >= 15 is 0 Å². The van der Waals surface area contributed by atoms with Crippen LogP contribution < -0.4 is 0 Å². The van der Waals surface area contributed by atoms with Crippen LogP contribution in [0.3, 0.4) is 0 Å². The van der Waals surface area contributed by atoms with Crippen molar-refractivity contribution in [1.82, 2.24) is 9.66 Å². The number of imidazole rings is 1. The second-order valence-electron chi connectivity index (χ2n) is 6.65. The van der Waals surface area contributed by atoms with Gasteiger partial charge >= 0.3 is 0 Å². The molecule has 0 unspecified atom stereocenters. The van der Waals surface area contributed by atoms with Crippen LogP contribution in [0.2, 0.25) is 15.1 Å². The molecule has 1 aromatic heterocycles. The van der Waals surface area contributed by atoms with E-state index in [1.54, 1.807) is 60.9 Å². The third kappa shape index (κ3) is 5.40. The summed E-state index contributed by atoms with van der Waals surface area (Å²) >= 11 is 21.6. The average molecular weight is 549 g/mol. The fourth-order valence-corrected chi connectivity index (χ4v) is 3.74. The Kier molecular flexibility index (Phi) is 6.96. The third-order valence-electron chi connectivity index (χ3n) is 4.40. The van der Waals surface area contributed by atoms with Gasteiger partial charge in [-0.3, -0.25) is 0 Å². The van der Waals surface area contributed by atoms with Crippen molar-refractivity contribution in [1.29, 1.82) is 0 Å². The van der Waals surface area contributed by atoms with E-state index in [0.29, 0.717) is 37.8 Å². The Morgan fingerprint density at radius 2 is 1.62 bits per heavy atom. The van der Waals surface area contributed by atoms with Crippen LogP contribution >= 0.6 is 50.7 Å². The zero-order valence-corrected chi connectivity index (χ0v) is 20.1. The minimum Gasteiger partial charge on any atom is -0.507 e. The number of phenols is 1. The summed E-state index contributed by atoms with van der Waals surface area (Å²) in [6.45, 7) is 0. The first-order chi connectivity index (χ1) is 15.4. The molecule has 9 heteroatoms. The summed E-state index contributed by atoms with van der Waals surface area (Å²) in [6.07, 6.45) is 4.87. The number of halogens is 4. The normalized spacial score (nSPS) is 11.6. The van der Waals surface area contributed by atoms with E-state index in [-0.39, 0.29) is 5.75 Å². The molecule has 0 aliphatic carbocycles. The van der Waals surface area contributed by atoms with Crippen LogP contribution in [0, 0.1) is 0 Å². The van der Waals surface area contributed by atoms with Crippen molar-refractivity contribution < 1.29 is 5.11 Å². The molecule has 0 bridgehead atoms. The van der Waals surface area contributed by atoms with Crippen LogP contribution in [0.15, 0.2) is 81.4 Å². The first-order valence-corrected chi connectivity index (χ1v) is 11.2. The van der Waals surface area contributed by atoms with Crippen LogP contribution in [0.4, 0.5) is 5.95 Å². The maximum atomic E-state index is 10.1. The van der Waals surface area contributed by atoms with Crippen molar-refractivity contribution in [3.8, 4) is 17.0 Å². The Hall–Kier alpha value is -2.64. The molecule has 0 saturated carbocycles. The number of nitrogens with zero attached hydrogens (tertiary/aromatic N) is 4. The molecular formula is C23H14BrCl3N4O. The molecule has 0 spiro atoms. The van der Waals surface area contributed by atoms with Gasteiger partial charge in [-0.15, -0.1) is 0 Å². The van der Waals surface area contributed by atoms with E-state index in [0.717, 1.165) is 10.0 Å². The molecule has 0 saturated heterocycles. The molecule has 0 fully saturated rings. The summed E-state index contributed by atoms with van der Waals surface area (Å²) in [5.74, 6) is 0.417. The zero-order valence-electron chi connectivity index (χ0n) is 16.3. The van der Waals surface area contributed by atoms with Gasteiger partial charge in [0.2, 0.25) is 0 Å². The highest BCUT2D eigenvalue weighted by Gasteiger charge is 2.09. The van der Waals surface area contributed by atoms with Gasteiger partial charge in [0.25, 0.3) is 5.95 Å². The van der Waals surface area contributed by atoms with Crippen LogP contribution in [0.25, 0.3) is 11.3 Å². The summed E-state index contributed by atoms with van der Waals surface area (Å²) in [4.78, 5) is 9.03. The zero-order chi connectivity index (χ0) is 22.7. The molecule has 0 aliphatic heterocycles. The Morgan fingerprint density at radius 1 is 0.875 bits per heavy atom. The van der Waals surface area contributed by atoms with Gasteiger partial charge in [-0.25, -0.2) is 14.7 Å². The van der Waals surface area contributed by atoms with Crippen molar-refractivity contribution >= 4 is 69.1 Å². The number of benzene rings is 3. The van der Waals surface area contributed by atoms with Crippen LogP contribution in [0.1, 0.15) is 11.1 Å². The fraction of sp³-hybridized carbons (Fsp3) is 0. The van der Waals surface area contributed by atoms with Gasteiger partial charge in [-0.2, -0.15) is 5.10 Å². The van der Waals surface area contributed by atoms with E-state index in [1.165, 1.54) is 10.9 Å². The van der Waals surface area contributed by atoms with Crippen molar-refractivity contribution in [3.05, 3.63) is 97.5 Å². The first kappa shape index (κ1) is 22.6. The summed E-state index contributed by atoms with van der Waals surface area (Å²) in [7, 11) is 0. The quantitative estimate of drug-likeness (QED) is 0.261. The number of phenolic OH excluding ortho intramolecular Hbond substituents is 1. The van der Waals surface area contributed by atoms with Crippen LogP contribution in [0.5, 0.6) is 5.75 Å². The minimum atomic E-state index is 0.101. The summed E-state index contributed by atoms with van der Waals surface area (Å²) < 4.78 is 2.35. The predicted molar refractivity (Wildman–Crippen MR) is 135 cm³/mol. The van der Waals surface area contributed by atoms with Gasteiger partial charge in [0, 0.05) is 37.4 Å². The Morgan fingerprint density at radius 3 is 2.38 bits per heavy atom. The number of rotatable bonds is 5. The van der Waals surface area contributed by atoms with Crippen molar-refractivity contribution in [2.24, 2.45) is 10.1 Å². The van der Waals surface area contributed by atoms with Crippen LogP contribution in [-0.4, -0.2) is 27.2 Å². The molecule has 0 amide bonds. The standard InChI is InChI=1S/C23H14BrCl3N4O/c24-17-4-8-22(32)16(9-17)11-28-23-30-21(14-1-5-18(25)6-2-14)13-31(23)29-12-15-3-7-19(26)10-20(15)27/h1-13,32H. The van der Waals surface area contributed by atoms with Gasteiger partial charge in [-0.1, -0.05) is 68.9 Å². The number of aliphatic imine (C=N–C) groups is 1. The lowest BCUT2D eigenvalue weighted by Gasteiger charge is -2.00. The molecule has 160 valence electrons. The number of hydrogen-bond donors (Lipinski definition) is 1. The second kappa shape index (κ2) is 9.88. The lowest BCUT2D eigenvalue weighted by atomic mass is 10.2. The lowest BCUT2D eigenvalue weighted by molar-refractivity contribution is 0.474. The molecule has 0 atom stereocenters. The maximum Gasteiger partial charge on any atom is 0.251 e. The molecule has 4 aromatic rings. The number of aromatic nitrogens is 2. The van der Waals surface area contributed by atoms with Gasteiger partial charge in [0.1, 0.15) is 5.75 Å². The molecule has 4 rings (SSSR count). The van der Waals surface area contributed by atoms with Crippen molar-refractivity contribution in [2.45, 2.75) is 0 Å². The third-order valence-corrected chi connectivity index (χ3v) is 5.71.